The molecule has 0 bridgehead atoms. The summed E-state index contributed by atoms with van der Waals surface area (Å²) in [6.07, 6.45) is 0. The SMILES string of the molecule is CN(C)C(=S)[S-].NC([O-])=S.[Zn+2]. The number of hydrogen-bond donors (Lipinski definition) is 1. The third kappa shape index (κ3) is 37.8. The van der Waals surface area contributed by atoms with Gasteiger partial charge in [-0.05, 0) is 0 Å². The predicted molar refractivity (Wildman–Crippen MR) is 50.4 cm³/mol. The Morgan fingerprint density at radius 1 is 1.45 bits per heavy atom. The fourth-order valence-corrected chi connectivity index (χ4v) is 0. The summed E-state index contributed by atoms with van der Waals surface area (Å²) in [5.74, 6) is 0. The summed E-state index contributed by atoms with van der Waals surface area (Å²) in [6, 6.07) is 0. The van der Waals surface area contributed by atoms with Crippen molar-refractivity contribution in [3.05, 3.63) is 0 Å². The Bertz CT molecular complexity index is 127. The van der Waals surface area contributed by atoms with Crippen LogP contribution in [-0.4, -0.2) is 28.5 Å². The zero-order valence-electron chi connectivity index (χ0n) is 6.36. The van der Waals surface area contributed by atoms with Crippen molar-refractivity contribution in [1.82, 2.24) is 4.90 Å². The first kappa shape index (κ1) is 17.5. The van der Waals surface area contributed by atoms with Crippen LogP contribution in [0.1, 0.15) is 0 Å². The smallest absolute Gasteiger partial charge is 0.852 e. The molecule has 2 N–H and O–H groups in total. The molecule has 11 heavy (non-hydrogen) atoms. The molecule has 0 radical (unpaired) electrons. The summed E-state index contributed by atoms with van der Waals surface area (Å²) in [5.41, 5.74) is 4.29. The molecule has 0 saturated heterocycles. The van der Waals surface area contributed by atoms with E-state index in [1.54, 1.807) is 4.90 Å². The van der Waals surface area contributed by atoms with Crippen molar-refractivity contribution in [2.45, 2.75) is 0 Å². The van der Waals surface area contributed by atoms with Gasteiger partial charge in [-0.1, -0.05) is 16.5 Å². The molecule has 0 fully saturated rings. The minimum atomic E-state index is -0.750. The topological polar surface area (TPSA) is 52.3 Å². The quantitative estimate of drug-likeness (QED) is 0.342. The fourth-order valence-electron chi connectivity index (χ4n) is 0. The molecule has 7 heteroatoms. The van der Waals surface area contributed by atoms with Crippen LogP contribution in [0.4, 0.5) is 0 Å². The van der Waals surface area contributed by atoms with E-state index < -0.39 is 5.17 Å². The Morgan fingerprint density at radius 3 is 1.55 bits per heavy atom. The van der Waals surface area contributed by atoms with E-state index in [2.05, 4.69) is 42.8 Å². The maximum atomic E-state index is 9.04. The minimum Gasteiger partial charge on any atom is -0.852 e. The van der Waals surface area contributed by atoms with Crippen molar-refractivity contribution in [2.24, 2.45) is 5.73 Å². The second-order valence-electron chi connectivity index (χ2n) is 1.48. The maximum absolute atomic E-state index is 9.04. The van der Waals surface area contributed by atoms with Crippen molar-refractivity contribution in [1.29, 1.82) is 0 Å². The molecule has 0 saturated carbocycles. The van der Waals surface area contributed by atoms with Crippen LogP contribution in [0.5, 0.6) is 0 Å². The molecule has 0 aromatic rings. The first-order valence-corrected chi connectivity index (χ1v) is 3.45. The Labute approximate surface area is 95.5 Å². The Balaban J connectivity index is -0.000000114. The van der Waals surface area contributed by atoms with Crippen LogP contribution in [0, 0.1) is 0 Å². The van der Waals surface area contributed by atoms with Crippen molar-refractivity contribution >= 4 is 46.6 Å². The largest absolute Gasteiger partial charge is 2.00 e. The third-order valence-corrected chi connectivity index (χ3v) is 1.10. The molecule has 0 amide bonds. The van der Waals surface area contributed by atoms with E-state index in [1.165, 1.54) is 0 Å². The molecule has 0 atom stereocenters. The molecule has 0 aliphatic rings. The summed E-state index contributed by atoms with van der Waals surface area (Å²) in [5, 5.41) is 8.29. The molecule has 0 rings (SSSR count). The molecule has 0 aliphatic carbocycles. The molecular formula is C4H8N2OS3Zn. The summed E-state index contributed by atoms with van der Waals surface area (Å²) >= 11 is 12.9. The van der Waals surface area contributed by atoms with Gasteiger partial charge in [0.05, 0.1) is 0 Å². The van der Waals surface area contributed by atoms with Gasteiger partial charge in [0.2, 0.25) is 0 Å². The standard InChI is InChI=1S/C3H7NS2.CH3NOS.Zn/c1-4(2)3(5)6;2-1(3)4;/h1-2H3,(H,5,6);(H3,2,3,4);/q;;+2/p-2. The van der Waals surface area contributed by atoms with Crippen LogP contribution in [0.25, 0.3) is 0 Å². The molecule has 0 aromatic heterocycles. The molecule has 0 heterocycles. The summed E-state index contributed by atoms with van der Waals surface area (Å²) in [6.45, 7) is 0. The number of nitrogens with zero attached hydrogens (tertiary/aromatic N) is 1. The van der Waals surface area contributed by atoms with Gasteiger partial charge in [-0.25, -0.2) is 0 Å². The van der Waals surface area contributed by atoms with Crippen molar-refractivity contribution < 1.29 is 24.6 Å². The Morgan fingerprint density at radius 2 is 1.55 bits per heavy atom. The monoisotopic (exact) mass is 260 g/mol. The second kappa shape index (κ2) is 10.4. The molecule has 0 aromatic carbocycles. The van der Waals surface area contributed by atoms with E-state index >= 15 is 0 Å². The average molecular weight is 262 g/mol. The Kier molecular flexibility index (Phi) is 16.6. The van der Waals surface area contributed by atoms with Gasteiger partial charge >= 0.3 is 19.5 Å². The summed E-state index contributed by atoms with van der Waals surface area (Å²) in [7, 11) is 3.66. The first-order valence-electron chi connectivity index (χ1n) is 2.22. The van der Waals surface area contributed by atoms with Crippen LogP contribution in [0.15, 0.2) is 0 Å². The summed E-state index contributed by atoms with van der Waals surface area (Å²) < 4.78 is 0.509. The molecule has 0 spiro atoms. The van der Waals surface area contributed by atoms with Gasteiger partial charge < -0.3 is 40.6 Å². The van der Waals surface area contributed by atoms with Crippen LogP contribution in [-0.2, 0) is 32.1 Å². The molecular weight excluding hydrogens is 254 g/mol. The molecule has 3 nitrogen and oxygen atoms in total. The van der Waals surface area contributed by atoms with Crippen molar-refractivity contribution in [3.8, 4) is 0 Å². The van der Waals surface area contributed by atoms with E-state index in [4.69, 9.17) is 5.11 Å². The molecule has 0 unspecified atom stereocenters. The van der Waals surface area contributed by atoms with Crippen molar-refractivity contribution in [3.63, 3.8) is 0 Å². The number of thiocarbonyl (C=S) groups is 2. The number of hydrogen-bond acceptors (Lipinski definition) is 4. The van der Waals surface area contributed by atoms with Gasteiger partial charge in [-0.2, -0.15) is 0 Å². The van der Waals surface area contributed by atoms with E-state index in [-0.39, 0.29) is 19.5 Å². The summed E-state index contributed by atoms with van der Waals surface area (Å²) in [4.78, 5) is 1.71. The zero-order valence-corrected chi connectivity index (χ0v) is 11.8. The first-order chi connectivity index (χ1) is 4.37. The van der Waals surface area contributed by atoms with Gasteiger partial charge in [0, 0.05) is 19.3 Å². The molecule has 60 valence electrons. The van der Waals surface area contributed by atoms with Crippen LogP contribution in [0.3, 0.4) is 0 Å². The maximum Gasteiger partial charge on any atom is 2.00 e. The normalized spacial score (nSPS) is 6.36. The van der Waals surface area contributed by atoms with E-state index in [0.717, 1.165) is 0 Å². The average Bonchev–Trinajstić information content (AvgIpc) is 1.63. The van der Waals surface area contributed by atoms with E-state index in [9.17, 15) is 0 Å². The van der Waals surface area contributed by atoms with E-state index in [0.29, 0.717) is 4.32 Å². The predicted octanol–water partition coefficient (Wildman–Crippen LogP) is -1.03. The minimum absolute atomic E-state index is 0. The van der Waals surface area contributed by atoms with Gasteiger partial charge in [-0.3, -0.25) is 0 Å². The second-order valence-corrected chi connectivity index (χ2v) is 2.91. The zero-order chi connectivity index (χ0) is 8.73. The van der Waals surface area contributed by atoms with Gasteiger partial charge in [0.1, 0.15) is 0 Å². The van der Waals surface area contributed by atoms with Crippen molar-refractivity contribution in [2.75, 3.05) is 14.1 Å². The van der Waals surface area contributed by atoms with Gasteiger partial charge in [-0.15, -0.1) is 0 Å². The van der Waals surface area contributed by atoms with Crippen LogP contribution >= 0.6 is 24.4 Å². The van der Waals surface area contributed by atoms with Gasteiger partial charge in [0.25, 0.3) is 0 Å². The van der Waals surface area contributed by atoms with E-state index in [1.807, 2.05) is 14.1 Å². The number of rotatable bonds is 0. The number of nitrogens with two attached hydrogens (primary N) is 1. The Hall–Kier alpha value is 0.423. The van der Waals surface area contributed by atoms with Crippen LogP contribution in [0.2, 0.25) is 0 Å². The van der Waals surface area contributed by atoms with Crippen LogP contribution < -0.4 is 10.8 Å². The van der Waals surface area contributed by atoms with Gasteiger partial charge in [0.15, 0.2) is 0 Å². The molecule has 0 aliphatic heterocycles. The third-order valence-electron chi connectivity index (χ3n) is 0.365. The fraction of sp³-hybridized carbons (Fsp3) is 0.500.